The summed E-state index contributed by atoms with van der Waals surface area (Å²) in [6, 6.07) is 12.9. The van der Waals surface area contributed by atoms with Gasteiger partial charge in [0, 0.05) is 11.9 Å². The van der Waals surface area contributed by atoms with E-state index in [2.05, 4.69) is 54.5 Å². The van der Waals surface area contributed by atoms with Gasteiger partial charge in [-0.15, -0.1) is 0 Å². The van der Waals surface area contributed by atoms with E-state index in [1.165, 1.54) is 55.3 Å². The van der Waals surface area contributed by atoms with Crippen LogP contribution in [0.3, 0.4) is 0 Å². The normalized spacial score (nSPS) is 10.8. The van der Waals surface area contributed by atoms with Crippen molar-refractivity contribution in [2.75, 3.05) is 6.61 Å². The number of aryl methyl sites for hydroxylation is 3. The van der Waals surface area contributed by atoms with Crippen LogP contribution in [0.1, 0.15) is 69.2 Å². The predicted molar refractivity (Wildman–Crippen MR) is 106 cm³/mol. The van der Waals surface area contributed by atoms with E-state index in [4.69, 9.17) is 4.74 Å². The third-order valence-electron chi connectivity index (χ3n) is 4.61. The molecule has 1 aromatic carbocycles. The lowest BCUT2D eigenvalue weighted by Gasteiger charge is -2.06. The summed E-state index contributed by atoms with van der Waals surface area (Å²) in [5.41, 5.74) is 3.89. The zero-order valence-electron chi connectivity index (χ0n) is 16.0. The lowest BCUT2D eigenvalue weighted by atomic mass is 10.0. The van der Waals surface area contributed by atoms with Gasteiger partial charge in [0.15, 0.2) is 0 Å². The van der Waals surface area contributed by atoms with Gasteiger partial charge in [-0.2, -0.15) is 0 Å². The van der Waals surface area contributed by atoms with E-state index in [0.29, 0.717) is 6.61 Å². The standard InChI is InChI=1S/C23H33NO/c1-3-5-6-7-8-9-10-21-12-16-22(24-19-21)15-11-20-13-17-23(18-14-20)25-4-2/h12-14,16-19H,3-11,15H2,1-2H3. The molecule has 0 saturated heterocycles. The maximum Gasteiger partial charge on any atom is 0.119 e. The van der Waals surface area contributed by atoms with Crippen LogP contribution in [-0.4, -0.2) is 11.6 Å². The van der Waals surface area contributed by atoms with Crippen LogP contribution in [0.2, 0.25) is 0 Å². The van der Waals surface area contributed by atoms with Crippen LogP contribution >= 0.6 is 0 Å². The van der Waals surface area contributed by atoms with E-state index in [1.807, 2.05) is 6.92 Å². The van der Waals surface area contributed by atoms with Gasteiger partial charge in [-0.3, -0.25) is 4.98 Å². The molecule has 0 fully saturated rings. The lowest BCUT2D eigenvalue weighted by molar-refractivity contribution is 0.340. The molecule has 0 saturated carbocycles. The quantitative estimate of drug-likeness (QED) is 0.431. The number of nitrogens with zero attached hydrogens (tertiary/aromatic N) is 1. The van der Waals surface area contributed by atoms with Crippen LogP contribution in [0.5, 0.6) is 5.75 Å². The van der Waals surface area contributed by atoms with Gasteiger partial charge < -0.3 is 4.74 Å². The van der Waals surface area contributed by atoms with Crippen LogP contribution in [-0.2, 0) is 19.3 Å². The molecule has 0 N–H and O–H groups in total. The minimum atomic E-state index is 0.717. The molecule has 0 aliphatic heterocycles. The van der Waals surface area contributed by atoms with Crippen molar-refractivity contribution in [1.82, 2.24) is 4.98 Å². The van der Waals surface area contributed by atoms with Gasteiger partial charge in [0.1, 0.15) is 5.75 Å². The lowest BCUT2D eigenvalue weighted by Crippen LogP contribution is -1.96. The van der Waals surface area contributed by atoms with Gasteiger partial charge in [-0.1, -0.05) is 57.2 Å². The van der Waals surface area contributed by atoms with Crippen molar-refractivity contribution in [1.29, 1.82) is 0 Å². The third kappa shape index (κ3) is 7.72. The highest BCUT2D eigenvalue weighted by Crippen LogP contribution is 2.14. The molecular formula is C23H33NO. The fourth-order valence-corrected chi connectivity index (χ4v) is 3.05. The summed E-state index contributed by atoms with van der Waals surface area (Å²) in [6.45, 7) is 4.99. The average Bonchev–Trinajstić information content (AvgIpc) is 2.65. The Labute approximate surface area is 153 Å². The number of benzene rings is 1. The van der Waals surface area contributed by atoms with Gasteiger partial charge in [0.05, 0.1) is 6.61 Å². The van der Waals surface area contributed by atoms with Crippen molar-refractivity contribution in [3.63, 3.8) is 0 Å². The summed E-state index contributed by atoms with van der Waals surface area (Å²) < 4.78 is 5.48. The predicted octanol–water partition coefficient (Wildman–Crippen LogP) is 6.17. The Morgan fingerprint density at radius 1 is 0.720 bits per heavy atom. The summed E-state index contributed by atoms with van der Waals surface area (Å²) in [5, 5.41) is 0. The maximum absolute atomic E-state index is 5.48. The van der Waals surface area contributed by atoms with Crippen molar-refractivity contribution in [3.8, 4) is 5.75 Å². The Morgan fingerprint density at radius 3 is 2.12 bits per heavy atom. The molecule has 0 amide bonds. The molecule has 1 heterocycles. The SMILES string of the molecule is CCCCCCCCc1ccc(CCc2ccc(OCC)cc2)nc1. The number of unbranched alkanes of at least 4 members (excludes halogenated alkanes) is 5. The van der Waals surface area contributed by atoms with E-state index in [9.17, 15) is 0 Å². The Balaban J connectivity index is 1.69. The first-order valence-electron chi connectivity index (χ1n) is 9.97. The van der Waals surface area contributed by atoms with Crippen molar-refractivity contribution >= 4 is 0 Å². The molecule has 2 nitrogen and oxygen atoms in total. The molecule has 0 bridgehead atoms. The molecule has 0 radical (unpaired) electrons. The zero-order valence-corrected chi connectivity index (χ0v) is 16.0. The van der Waals surface area contributed by atoms with E-state index < -0.39 is 0 Å². The molecule has 1 aromatic heterocycles. The van der Waals surface area contributed by atoms with Crippen LogP contribution in [0.25, 0.3) is 0 Å². The molecule has 0 unspecified atom stereocenters. The topological polar surface area (TPSA) is 22.1 Å². The molecule has 0 aliphatic carbocycles. The van der Waals surface area contributed by atoms with Gasteiger partial charge in [-0.05, 0) is 61.9 Å². The first kappa shape index (κ1) is 19.5. The summed E-state index contributed by atoms with van der Waals surface area (Å²) in [5.74, 6) is 0.948. The van der Waals surface area contributed by atoms with E-state index >= 15 is 0 Å². The molecule has 2 rings (SSSR count). The Morgan fingerprint density at radius 2 is 1.44 bits per heavy atom. The summed E-state index contributed by atoms with van der Waals surface area (Å²) in [4.78, 5) is 4.64. The van der Waals surface area contributed by atoms with Crippen LogP contribution in [0.4, 0.5) is 0 Å². The number of ether oxygens (including phenoxy) is 1. The monoisotopic (exact) mass is 339 g/mol. The minimum Gasteiger partial charge on any atom is -0.494 e. The van der Waals surface area contributed by atoms with Gasteiger partial charge >= 0.3 is 0 Å². The second-order valence-corrected chi connectivity index (χ2v) is 6.75. The molecule has 25 heavy (non-hydrogen) atoms. The highest BCUT2D eigenvalue weighted by molar-refractivity contribution is 5.28. The second-order valence-electron chi connectivity index (χ2n) is 6.75. The first-order valence-corrected chi connectivity index (χ1v) is 9.97. The maximum atomic E-state index is 5.48. The van der Waals surface area contributed by atoms with Gasteiger partial charge in [0.25, 0.3) is 0 Å². The van der Waals surface area contributed by atoms with Crippen molar-refractivity contribution < 1.29 is 4.74 Å². The third-order valence-corrected chi connectivity index (χ3v) is 4.61. The Hall–Kier alpha value is -1.83. The Kier molecular flexibility index (Phi) is 9.11. The number of aromatic nitrogens is 1. The number of hydrogen-bond acceptors (Lipinski definition) is 2. The molecule has 0 atom stereocenters. The highest BCUT2D eigenvalue weighted by Gasteiger charge is 2.00. The number of rotatable bonds is 12. The first-order chi connectivity index (χ1) is 12.3. The smallest absolute Gasteiger partial charge is 0.119 e. The number of hydrogen-bond donors (Lipinski definition) is 0. The van der Waals surface area contributed by atoms with Crippen molar-refractivity contribution in [2.45, 2.75) is 71.6 Å². The molecule has 0 aliphatic rings. The minimum absolute atomic E-state index is 0.717. The molecule has 0 spiro atoms. The van der Waals surface area contributed by atoms with E-state index in [-0.39, 0.29) is 0 Å². The molecule has 2 heteroatoms. The Bertz CT molecular complexity index is 574. The largest absolute Gasteiger partial charge is 0.494 e. The summed E-state index contributed by atoms with van der Waals surface area (Å²) in [7, 11) is 0. The fourth-order valence-electron chi connectivity index (χ4n) is 3.05. The van der Waals surface area contributed by atoms with Gasteiger partial charge in [0.2, 0.25) is 0 Å². The van der Waals surface area contributed by atoms with Crippen molar-refractivity contribution in [3.05, 3.63) is 59.4 Å². The van der Waals surface area contributed by atoms with Crippen molar-refractivity contribution in [2.24, 2.45) is 0 Å². The second kappa shape index (κ2) is 11.7. The van der Waals surface area contributed by atoms with E-state index in [0.717, 1.165) is 25.0 Å². The highest BCUT2D eigenvalue weighted by atomic mass is 16.5. The molecular weight excluding hydrogens is 306 g/mol. The molecule has 136 valence electrons. The van der Waals surface area contributed by atoms with Crippen LogP contribution in [0.15, 0.2) is 42.6 Å². The van der Waals surface area contributed by atoms with Crippen LogP contribution < -0.4 is 4.74 Å². The average molecular weight is 340 g/mol. The summed E-state index contributed by atoms with van der Waals surface area (Å²) >= 11 is 0. The number of pyridine rings is 1. The van der Waals surface area contributed by atoms with Gasteiger partial charge in [-0.25, -0.2) is 0 Å². The van der Waals surface area contributed by atoms with E-state index in [1.54, 1.807) is 0 Å². The fraction of sp³-hybridized carbons (Fsp3) is 0.522. The van der Waals surface area contributed by atoms with Crippen LogP contribution in [0, 0.1) is 0 Å². The summed E-state index contributed by atoms with van der Waals surface area (Å²) in [6.07, 6.45) is 13.4. The molecule has 2 aromatic rings. The zero-order chi connectivity index (χ0) is 17.7.